The van der Waals surface area contributed by atoms with Crippen LogP contribution in [0.3, 0.4) is 0 Å². The maximum Gasteiger partial charge on any atom is 0.128 e. The number of rotatable bonds is 3. The Morgan fingerprint density at radius 1 is 1.25 bits per heavy atom. The van der Waals surface area contributed by atoms with Crippen molar-refractivity contribution >= 4 is 16.7 Å². The van der Waals surface area contributed by atoms with Crippen molar-refractivity contribution in [1.82, 2.24) is 0 Å². The lowest BCUT2D eigenvalue weighted by atomic mass is 10.1. The fourth-order valence-corrected chi connectivity index (χ4v) is 1.65. The summed E-state index contributed by atoms with van der Waals surface area (Å²) in [6, 6.07) is 10.8. The third-order valence-corrected chi connectivity index (χ3v) is 2.37. The number of ether oxygens (including phenoxy) is 1. The van der Waals surface area contributed by atoms with Crippen LogP contribution in [0.2, 0.25) is 0 Å². The van der Waals surface area contributed by atoms with Gasteiger partial charge in [0.05, 0.1) is 12.6 Å². The predicted octanol–water partition coefficient (Wildman–Crippen LogP) is 1.60. The number of hydrogen-bond donors (Lipinski definition) is 0. The van der Waals surface area contributed by atoms with Crippen LogP contribution in [0.1, 0.15) is 17.3 Å². The number of carbonyl (C=O) groups excluding carboxylic acids is 1. The van der Waals surface area contributed by atoms with Gasteiger partial charge in [-0.15, -0.1) is 0 Å². The second kappa shape index (κ2) is 4.23. The Balaban J connectivity index is 2.65. The molecule has 3 nitrogen and oxygen atoms in total. The van der Waals surface area contributed by atoms with Crippen molar-refractivity contribution < 1.29 is 14.6 Å². The Bertz CT molecular complexity index is 532. The molecular weight excluding hydrogens is 204 g/mol. The number of benzene rings is 2. The average molecular weight is 215 g/mol. The van der Waals surface area contributed by atoms with Crippen LogP contribution >= 0.6 is 0 Å². The van der Waals surface area contributed by atoms with Gasteiger partial charge in [0.1, 0.15) is 5.75 Å². The normalized spacial score (nSPS) is 10.3. The zero-order valence-corrected chi connectivity index (χ0v) is 8.90. The molecule has 3 heteroatoms. The largest absolute Gasteiger partial charge is 0.545 e. The van der Waals surface area contributed by atoms with E-state index in [2.05, 4.69) is 0 Å². The van der Waals surface area contributed by atoms with E-state index in [0.29, 0.717) is 12.4 Å². The molecule has 0 bridgehead atoms. The van der Waals surface area contributed by atoms with E-state index < -0.39 is 5.97 Å². The minimum absolute atomic E-state index is 0.0977. The number of carbonyl (C=O) groups is 1. The van der Waals surface area contributed by atoms with Gasteiger partial charge in [0.2, 0.25) is 0 Å². The number of hydrogen-bond acceptors (Lipinski definition) is 3. The first-order valence-electron chi connectivity index (χ1n) is 5.09. The molecule has 0 saturated heterocycles. The zero-order valence-electron chi connectivity index (χ0n) is 8.90. The number of aromatic carboxylic acids is 1. The maximum atomic E-state index is 10.9. The van der Waals surface area contributed by atoms with Gasteiger partial charge in [-0.2, -0.15) is 0 Å². The summed E-state index contributed by atoms with van der Waals surface area (Å²) in [6.45, 7) is 2.24. The van der Waals surface area contributed by atoms with E-state index in [-0.39, 0.29) is 5.56 Å². The van der Waals surface area contributed by atoms with Gasteiger partial charge < -0.3 is 14.6 Å². The van der Waals surface area contributed by atoms with Crippen molar-refractivity contribution in [1.29, 1.82) is 0 Å². The molecule has 2 rings (SSSR count). The molecule has 0 N–H and O–H groups in total. The lowest BCUT2D eigenvalue weighted by molar-refractivity contribution is -0.255. The molecule has 0 spiro atoms. The second-order valence-electron chi connectivity index (χ2n) is 3.42. The number of fused-ring (bicyclic) bond motifs is 1. The summed E-state index contributed by atoms with van der Waals surface area (Å²) in [7, 11) is 0. The molecule has 0 radical (unpaired) electrons. The fraction of sp³-hybridized carbons (Fsp3) is 0.154. The number of carboxylic acids is 1. The second-order valence-corrected chi connectivity index (χ2v) is 3.42. The fourth-order valence-electron chi connectivity index (χ4n) is 1.65. The summed E-state index contributed by atoms with van der Waals surface area (Å²) in [5.74, 6) is -0.851. The van der Waals surface area contributed by atoms with E-state index in [1.54, 1.807) is 12.1 Å². The molecule has 0 atom stereocenters. The van der Waals surface area contributed by atoms with Gasteiger partial charge in [0.15, 0.2) is 0 Å². The van der Waals surface area contributed by atoms with Crippen molar-refractivity contribution in [3.8, 4) is 5.75 Å². The average Bonchev–Trinajstić information content (AvgIpc) is 2.28. The van der Waals surface area contributed by atoms with Crippen LogP contribution < -0.4 is 9.84 Å². The molecule has 0 fully saturated rings. The van der Waals surface area contributed by atoms with Gasteiger partial charge in [0.25, 0.3) is 0 Å². The van der Waals surface area contributed by atoms with E-state index in [9.17, 15) is 9.90 Å². The molecule has 0 aliphatic heterocycles. The smallest absolute Gasteiger partial charge is 0.128 e. The molecule has 0 heterocycles. The van der Waals surface area contributed by atoms with Crippen LogP contribution in [0.25, 0.3) is 10.8 Å². The molecule has 16 heavy (non-hydrogen) atoms. The molecule has 0 aliphatic rings. The van der Waals surface area contributed by atoms with Crippen LogP contribution in [-0.4, -0.2) is 12.6 Å². The first-order valence-corrected chi connectivity index (χ1v) is 5.09. The van der Waals surface area contributed by atoms with E-state index >= 15 is 0 Å². The van der Waals surface area contributed by atoms with Crippen LogP contribution in [0.15, 0.2) is 36.4 Å². The summed E-state index contributed by atoms with van der Waals surface area (Å²) < 4.78 is 5.29. The molecular formula is C13H11O3-. The SMILES string of the molecule is CCOc1cc2ccccc2cc1C(=O)[O-]. The molecule has 0 unspecified atom stereocenters. The van der Waals surface area contributed by atoms with Crippen molar-refractivity contribution in [2.45, 2.75) is 6.92 Å². The first-order chi connectivity index (χ1) is 7.72. The van der Waals surface area contributed by atoms with Crippen molar-refractivity contribution in [3.05, 3.63) is 42.0 Å². The highest BCUT2D eigenvalue weighted by molar-refractivity contribution is 5.96. The summed E-state index contributed by atoms with van der Waals surface area (Å²) in [6.07, 6.45) is 0. The molecule has 0 aromatic heterocycles. The van der Waals surface area contributed by atoms with Gasteiger partial charge in [-0.05, 0) is 29.8 Å². The Labute approximate surface area is 93.3 Å². The Hall–Kier alpha value is -2.03. The third kappa shape index (κ3) is 1.84. The number of carboxylic acid groups (broad SMARTS) is 1. The molecule has 0 saturated carbocycles. The Morgan fingerprint density at radius 2 is 1.88 bits per heavy atom. The van der Waals surface area contributed by atoms with E-state index in [1.807, 2.05) is 31.2 Å². The predicted molar refractivity (Wildman–Crippen MR) is 59.4 cm³/mol. The van der Waals surface area contributed by atoms with Gasteiger partial charge in [0, 0.05) is 5.56 Å². The maximum absolute atomic E-state index is 10.9. The van der Waals surface area contributed by atoms with Crippen molar-refractivity contribution in [2.75, 3.05) is 6.61 Å². The van der Waals surface area contributed by atoms with Gasteiger partial charge in [-0.3, -0.25) is 0 Å². The molecule has 2 aromatic rings. The third-order valence-electron chi connectivity index (χ3n) is 2.37. The monoisotopic (exact) mass is 215 g/mol. The summed E-state index contributed by atoms with van der Waals surface area (Å²) in [5, 5.41) is 12.8. The molecule has 2 aromatic carbocycles. The highest BCUT2D eigenvalue weighted by atomic mass is 16.5. The van der Waals surface area contributed by atoms with Crippen LogP contribution in [0, 0.1) is 0 Å². The molecule has 82 valence electrons. The lowest BCUT2D eigenvalue weighted by Gasteiger charge is -2.12. The highest BCUT2D eigenvalue weighted by Crippen LogP contribution is 2.25. The van der Waals surface area contributed by atoms with Crippen LogP contribution in [-0.2, 0) is 0 Å². The summed E-state index contributed by atoms with van der Waals surface area (Å²) in [4.78, 5) is 10.9. The minimum atomic E-state index is -1.21. The molecule has 0 amide bonds. The van der Waals surface area contributed by atoms with Crippen molar-refractivity contribution in [2.24, 2.45) is 0 Å². The minimum Gasteiger partial charge on any atom is -0.545 e. The highest BCUT2D eigenvalue weighted by Gasteiger charge is 2.06. The topological polar surface area (TPSA) is 49.4 Å². The zero-order chi connectivity index (χ0) is 11.5. The lowest BCUT2D eigenvalue weighted by Crippen LogP contribution is -2.23. The molecule has 0 aliphatic carbocycles. The summed E-state index contributed by atoms with van der Waals surface area (Å²) >= 11 is 0. The van der Waals surface area contributed by atoms with Gasteiger partial charge in [-0.25, -0.2) is 0 Å². The van der Waals surface area contributed by atoms with Crippen LogP contribution in [0.5, 0.6) is 5.75 Å². The van der Waals surface area contributed by atoms with Crippen molar-refractivity contribution in [3.63, 3.8) is 0 Å². The van der Waals surface area contributed by atoms with E-state index in [1.165, 1.54) is 0 Å². The summed E-state index contributed by atoms with van der Waals surface area (Å²) in [5.41, 5.74) is 0.0977. The van der Waals surface area contributed by atoms with E-state index in [0.717, 1.165) is 10.8 Å². The first kappa shape index (κ1) is 10.5. The Morgan fingerprint density at radius 3 is 2.44 bits per heavy atom. The Kier molecular flexibility index (Phi) is 2.77. The standard InChI is InChI=1S/C13H12O3/c1-2-16-12-8-10-6-4-3-5-9(10)7-11(12)13(14)15/h3-8H,2H2,1H3,(H,14,15)/p-1. The van der Waals surface area contributed by atoms with Gasteiger partial charge >= 0.3 is 0 Å². The quantitative estimate of drug-likeness (QED) is 0.781. The van der Waals surface area contributed by atoms with Gasteiger partial charge in [-0.1, -0.05) is 24.3 Å². The van der Waals surface area contributed by atoms with E-state index in [4.69, 9.17) is 4.74 Å². The van der Waals surface area contributed by atoms with Crippen LogP contribution in [0.4, 0.5) is 0 Å².